The van der Waals surface area contributed by atoms with Crippen LogP contribution >= 0.6 is 0 Å². The van der Waals surface area contributed by atoms with Crippen molar-refractivity contribution in [2.45, 2.75) is 20.1 Å². The van der Waals surface area contributed by atoms with E-state index in [9.17, 15) is 9.90 Å². The van der Waals surface area contributed by atoms with Crippen LogP contribution in [0.4, 0.5) is 0 Å². The lowest BCUT2D eigenvalue weighted by atomic mass is 10.1. The van der Waals surface area contributed by atoms with E-state index < -0.39 is 5.97 Å². The van der Waals surface area contributed by atoms with E-state index in [1.165, 1.54) is 7.11 Å². The second kappa shape index (κ2) is 6.90. The molecule has 0 atom stereocenters. The van der Waals surface area contributed by atoms with E-state index in [2.05, 4.69) is 0 Å². The van der Waals surface area contributed by atoms with Crippen molar-refractivity contribution in [3.63, 3.8) is 0 Å². The Morgan fingerprint density at radius 2 is 1.71 bits per heavy atom. The molecule has 0 spiro atoms. The van der Waals surface area contributed by atoms with Gasteiger partial charge in [0, 0.05) is 0 Å². The smallest absolute Gasteiger partial charge is 0.339 e. The molecule has 1 N–H and O–H groups in total. The van der Waals surface area contributed by atoms with E-state index >= 15 is 0 Å². The van der Waals surface area contributed by atoms with Gasteiger partial charge in [0.15, 0.2) is 0 Å². The molecule has 0 saturated heterocycles. The van der Waals surface area contributed by atoms with Gasteiger partial charge < -0.3 is 14.6 Å². The molecular weight excluding hydrogens is 268 g/mol. The zero-order valence-electron chi connectivity index (χ0n) is 12.1. The van der Waals surface area contributed by atoms with Crippen molar-refractivity contribution in [1.82, 2.24) is 0 Å². The molecule has 0 unspecified atom stereocenters. The Morgan fingerprint density at radius 3 is 2.38 bits per heavy atom. The number of carbonyl (C=O) groups is 1. The molecule has 2 aromatic rings. The predicted molar refractivity (Wildman–Crippen MR) is 79.6 cm³/mol. The minimum Gasteiger partial charge on any atom is -0.496 e. The maximum Gasteiger partial charge on any atom is 0.339 e. The summed E-state index contributed by atoms with van der Waals surface area (Å²) >= 11 is 0. The molecule has 0 fully saturated rings. The highest BCUT2D eigenvalue weighted by Crippen LogP contribution is 2.23. The quantitative estimate of drug-likeness (QED) is 0.884. The van der Waals surface area contributed by atoms with E-state index in [1.54, 1.807) is 18.2 Å². The van der Waals surface area contributed by atoms with Crippen molar-refractivity contribution >= 4 is 5.97 Å². The first kappa shape index (κ1) is 15.1. The topological polar surface area (TPSA) is 55.8 Å². The van der Waals surface area contributed by atoms with Crippen molar-refractivity contribution in [2.24, 2.45) is 0 Å². The molecule has 0 amide bonds. The number of hydrogen-bond acceptors (Lipinski definition) is 3. The lowest BCUT2D eigenvalue weighted by Gasteiger charge is -2.11. The Balaban J connectivity index is 2.10. The van der Waals surface area contributed by atoms with Crippen LogP contribution in [-0.4, -0.2) is 18.2 Å². The fourth-order valence-electron chi connectivity index (χ4n) is 2.15. The summed E-state index contributed by atoms with van der Waals surface area (Å²) in [5.74, 6) is -0.665. The van der Waals surface area contributed by atoms with Gasteiger partial charge in [0.2, 0.25) is 0 Å². The standard InChI is InChI=1S/C17H18O4/c1-12-6-3-4-7-13(12)10-21-11-14-8-5-9-15(20-2)16(14)17(18)19/h3-9H,10-11H2,1-2H3,(H,18,19). The Hall–Kier alpha value is -2.33. The van der Waals surface area contributed by atoms with Gasteiger partial charge in [0.25, 0.3) is 0 Å². The van der Waals surface area contributed by atoms with Gasteiger partial charge in [-0.2, -0.15) is 0 Å². The van der Waals surface area contributed by atoms with Crippen molar-refractivity contribution in [3.8, 4) is 5.75 Å². The minimum absolute atomic E-state index is 0.157. The number of carboxylic acids is 1. The molecule has 110 valence electrons. The van der Waals surface area contributed by atoms with Crippen LogP contribution in [0.5, 0.6) is 5.75 Å². The van der Waals surface area contributed by atoms with Crippen LogP contribution in [0.3, 0.4) is 0 Å². The summed E-state index contributed by atoms with van der Waals surface area (Å²) in [6.45, 7) is 2.70. The molecule has 0 aliphatic rings. The van der Waals surface area contributed by atoms with Gasteiger partial charge in [0.1, 0.15) is 11.3 Å². The number of ether oxygens (including phenoxy) is 2. The largest absolute Gasteiger partial charge is 0.496 e. The maximum atomic E-state index is 11.4. The van der Waals surface area contributed by atoms with Crippen molar-refractivity contribution in [1.29, 1.82) is 0 Å². The van der Waals surface area contributed by atoms with Crippen LogP contribution in [-0.2, 0) is 18.0 Å². The van der Waals surface area contributed by atoms with Crippen LogP contribution in [0.1, 0.15) is 27.0 Å². The minimum atomic E-state index is -1.01. The second-order valence-electron chi connectivity index (χ2n) is 4.72. The zero-order valence-corrected chi connectivity index (χ0v) is 12.1. The molecule has 0 aliphatic carbocycles. The highest BCUT2D eigenvalue weighted by atomic mass is 16.5. The first-order chi connectivity index (χ1) is 10.1. The summed E-state index contributed by atoms with van der Waals surface area (Å²) in [4.78, 5) is 11.4. The van der Waals surface area contributed by atoms with E-state index in [-0.39, 0.29) is 12.2 Å². The van der Waals surface area contributed by atoms with Gasteiger partial charge >= 0.3 is 5.97 Å². The molecule has 0 radical (unpaired) electrons. The summed E-state index contributed by atoms with van der Waals surface area (Å²) in [5, 5.41) is 9.30. The number of aryl methyl sites for hydroxylation is 1. The number of hydrogen-bond donors (Lipinski definition) is 1. The summed E-state index contributed by atoms with van der Waals surface area (Å²) < 4.78 is 10.8. The average molecular weight is 286 g/mol. The number of aromatic carboxylic acids is 1. The maximum absolute atomic E-state index is 11.4. The van der Waals surface area contributed by atoms with Crippen molar-refractivity contribution in [2.75, 3.05) is 7.11 Å². The lowest BCUT2D eigenvalue weighted by Crippen LogP contribution is -2.07. The molecule has 0 saturated carbocycles. The summed E-state index contributed by atoms with van der Waals surface area (Å²) in [6, 6.07) is 13.1. The summed E-state index contributed by atoms with van der Waals surface area (Å²) in [6.07, 6.45) is 0. The van der Waals surface area contributed by atoms with Gasteiger partial charge in [-0.15, -0.1) is 0 Å². The first-order valence-corrected chi connectivity index (χ1v) is 6.65. The number of carboxylic acid groups (broad SMARTS) is 1. The highest BCUT2D eigenvalue weighted by molar-refractivity contribution is 5.92. The van der Waals surface area contributed by atoms with Gasteiger partial charge in [0.05, 0.1) is 20.3 Å². The second-order valence-corrected chi connectivity index (χ2v) is 4.72. The molecule has 4 heteroatoms. The van der Waals surface area contributed by atoms with Crippen LogP contribution in [0.25, 0.3) is 0 Å². The normalized spacial score (nSPS) is 10.4. The molecule has 0 bridgehead atoms. The Morgan fingerprint density at radius 1 is 1.05 bits per heavy atom. The third kappa shape index (κ3) is 3.61. The third-order valence-electron chi connectivity index (χ3n) is 3.32. The van der Waals surface area contributed by atoms with Gasteiger partial charge in [-0.25, -0.2) is 4.79 Å². The van der Waals surface area contributed by atoms with Crippen LogP contribution in [0, 0.1) is 6.92 Å². The summed E-state index contributed by atoms with van der Waals surface area (Å²) in [5.41, 5.74) is 3.01. The monoisotopic (exact) mass is 286 g/mol. The first-order valence-electron chi connectivity index (χ1n) is 6.65. The Kier molecular flexibility index (Phi) is 4.95. The molecule has 2 rings (SSSR count). The zero-order chi connectivity index (χ0) is 15.2. The number of benzene rings is 2. The summed E-state index contributed by atoms with van der Waals surface area (Å²) in [7, 11) is 1.46. The van der Waals surface area contributed by atoms with E-state index in [1.807, 2.05) is 31.2 Å². The van der Waals surface area contributed by atoms with Crippen molar-refractivity contribution in [3.05, 3.63) is 64.7 Å². The van der Waals surface area contributed by atoms with Crippen LogP contribution in [0.15, 0.2) is 42.5 Å². The Bertz CT molecular complexity index is 634. The van der Waals surface area contributed by atoms with E-state index in [0.717, 1.165) is 11.1 Å². The SMILES string of the molecule is COc1cccc(COCc2ccccc2C)c1C(=O)O. The van der Waals surface area contributed by atoms with E-state index in [4.69, 9.17) is 9.47 Å². The highest BCUT2D eigenvalue weighted by Gasteiger charge is 2.16. The number of methoxy groups -OCH3 is 1. The van der Waals surface area contributed by atoms with Gasteiger partial charge in [-0.1, -0.05) is 36.4 Å². The average Bonchev–Trinajstić information content (AvgIpc) is 2.48. The van der Waals surface area contributed by atoms with Crippen LogP contribution in [0.2, 0.25) is 0 Å². The number of rotatable bonds is 6. The molecule has 0 heterocycles. The third-order valence-corrected chi connectivity index (χ3v) is 3.32. The molecule has 0 aliphatic heterocycles. The molecule has 0 aromatic heterocycles. The molecular formula is C17H18O4. The molecule has 21 heavy (non-hydrogen) atoms. The van der Waals surface area contributed by atoms with Crippen molar-refractivity contribution < 1.29 is 19.4 Å². The predicted octanol–water partition coefficient (Wildman–Crippen LogP) is 3.42. The molecule has 2 aromatic carbocycles. The lowest BCUT2D eigenvalue weighted by molar-refractivity contribution is 0.0680. The van der Waals surface area contributed by atoms with Gasteiger partial charge in [-0.05, 0) is 29.7 Å². The fourth-order valence-corrected chi connectivity index (χ4v) is 2.15. The van der Waals surface area contributed by atoms with Crippen LogP contribution < -0.4 is 4.74 Å². The van der Waals surface area contributed by atoms with Gasteiger partial charge in [-0.3, -0.25) is 0 Å². The molecule has 4 nitrogen and oxygen atoms in total. The Labute approximate surface area is 123 Å². The van der Waals surface area contributed by atoms with E-state index in [0.29, 0.717) is 17.9 Å². The fraction of sp³-hybridized carbons (Fsp3) is 0.235.